The van der Waals surface area contributed by atoms with E-state index in [4.69, 9.17) is 0 Å². The molecule has 21 fully saturated rings. The summed E-state index contributed by atoms with van der Waals surface area (Å²) in [6.45, 7) is -5.63. The van der Waals surface area contributed by atoms with Crippen LogP contribution in [0.3, 0.4) is 0 Å². The van der Waals surface area contributed by atoms with Crippen molar-refractivity contribution in [2.45, 2.75) is 112 Å². The predicted molar refractivity (Wildman–Crippen MR) is 322 cm³/mol. The molecule has 28 amide bonds. The third-order valence-corrected chi connectivity index (χ3v) is 25.3. The van der Waals surface area contributed by atoms with Crippen LogP contribution in [0.15, 0.2) is 61.2 Å². The summed E-state index contributed by atoms with van der Waals surface area (Å²) in [6.07, 6.45) is -8.04. The SMILES string of the molecule is O=C(O)C(CC[n+]1ccccc1)CC[n+]1ccccc1.O=C1N2CN3C(=O)N4CN5C(=O)N6CN7C(=O)N8CN9C(=O)N%10CN%11C(=O)N%12CN%13C(=O)N%14CN1C1C2N2CN%15C(=O)N(CN%16C(=O)N(CN%17C(=O)N(CN%18C(=O)N(CN%19C(=O)N(CN%20C(=O)N(CN1C2=O)C%14C%13%20)C%12C%11%19)C%10C9%18)C8C7%17)C6C5%16)C4C3%15.[Cl-].[Cl-]. The number of aliphatic carboxylic acids is 1. The molecular weight excluding hydrogens is 1440 g/mol. The number of carbonyl (C=O) groups excluding carboxylic acids is 14. The van der Waals surface area contributed by atoms with Gasteiger partial charge in [-0.2, -0.15) is 0 Å². The highest BCUT2D eigenvalue weighted by Gasteiger charge is 2.77. The molecular formula is C58H62Cl2N30O16. The van der Waals surface area contributed by atoms with Gasteiger partial charge < -0.3 is 29.9 Å². The molecule has 554 valence electrons. The molecule has 1 N–H and O–H groups in total. The smallest absolute Gasteiger partial charge is 0.326 e. The minimum absolute atomic E-state index is 0. The molecule has 0 unspecified atom stereocenters. The maximum Gasteiger partial charge on any atom is 0.326 e. The number of pyridine rings is 2. The van der Waals surface area contributed by atoms with Crippen LogP contribution in [0, 0.1) is 5.92 Å². The number of carboxylic acids is 1. The maximum absolute atomic E-state index is 15.3. The fourth-order valence-corrected chi connectivity index (χ4v) is 20.8. The van der Waals surface area contributed by atoms with Gasteiger partial charge in [0.05, 0.1) is 5.92 Å². The quantitative estimate of drug-likeness (QED) is 0.252. The first-order chi connectivity index (χ1) is 50.3. The Morgan fingerprint density at radius 3 is 0.462 bits per heavy atom. The van der Waals surface area contributed by atoms with Crippen molar-refractivity contribution in [2.75, 3.05) is 93.4 Å². The molecule has 23 rings (SSSR count). The molecule has 21 saturated heterocycles. The van der Waals surface area contributed by atoms with Gasteiger partial charge in [0.2, 0.25) is 0 Å². The van der Waals surface area contributed by atoms with Gasteiger partial charge in [-0.3, -0.25) is 142 Å². The summed E-state index contributed by atoms with van der Waals surface area (Å²) in [7, 11) is 0. The summed E-state index contributed by atoms with van der Waals surface area (Å²) in [5.74, 6) is -1.02. The van der Waals surface area contributed by atoms with E-state index in [-0.39, 0.29) is 30.7 Å². The van der Waals surface area contributed by atoms with Crippen LogP contribution in [0.1, 0.15) is 12.8 Å². The van der Waals surface area contributed by atoms with Gasteiger partial charge in [-0.15, -0.1) is 0 Å². The fraction of sp³-hybridized carbons (Fsp3) is 0.569. The van der Waals surface area contributed by atoms with E-state index < -0.39 is 270 Å². The van der Waals surface area contributed by atoms with Crippen LogP contribution in [0.2, 0.25) is 0 Å². The zero-order valence-electron chi connectivity index (χ0n) is 55.4. The van der Waals surface area contributed by atoms with Crippen molar-refractivity contribution in [3.8, 4) is 0 Å². The molecule has 0 radical (unpaired) electrons. The largest absolute Gasteiger partial charge is 1.00 e. The van der Waals surface area contributed by atoms with E-state index in [9.17, 15) is 9.90 Å². The van der Waals surface area contributed by atoms with E-state index in [0.29, 0.717) is 12.8 Å². The summed E-state index contributed by atoms with van der Waals surface area (Å²) in [5, 5.41) is 9.31. The van der Waals surface area contributed by atoms with Crippen LogP contribution >= 0.6 is 0 Å². The van der Waals surface area contributed by atoms with Crippen molar-refractivity contribution in [3.63, 3.8) is 0 Å². The van der Waals surface area contributed by atoms with Crippen molar-refractivity contribution in [1.29, 1.82) is 0 Å². The zero-order chi connectivity index (χ0) is 70.4. The molecule has 48 heteroatoms. The highest BCUT2D eigenvalue weighted by Crippen LogP contribution is 2.53. The van der Waals surface area contributed by atoms with Gasteiger partial charge in [0, 0.05) is 37.1 Å². The van der Waals surface area contributed by atoms with E-state index in [1.807, 2.05) is 70.3 Å². The van der Waals surface area contributed by atoms with Gasteiger partial charge in [-0.05, 0) is 0 Å². The number of carboxylic acid groups (broad SMARTS) is 1. The number of hydrogen-bond donors (Lipinski definition) is 1. The number of halogens is 2. The number of aromatic nitrogens is 2. The lowest BCUT2D eigenvalue weighted by atomic mass is 10.0. The van der Waals surface area contributed by atoms with Crippen LogP contribution in [-0.2, 0) is 17.9 Å². The monoisotopic (exact) mass is 1500 g/mol. The number of urea groups is 14. The van der Waals surface area contributed by atoms with Crippen molar-refractivity contribution >= 4 is 90.4 Å². The second kappa shape index (κ2) is 20.5. The molecule has 21 aliphatic rings. The Labute approximate surface area is 609 Å². The lowest BCUT2D eigenvalue weighted by molar-refractivity contribution is -0.702. The molecule has 0 aromatic carbocycles. The summed E-state index contributed by atoms with van der Waals surface area (Å²) in [6, 6.07) is 1.78. The summed E-state index contributed by atoms with van der Waals surface area (Å²) >= 11 is 0. The van der Waals surface area contributed by atoms with Crippen molar-refractivity contribution in [3.05, 3.63) is 61.2 Å². The lowest BCUT2D eigenvalue weighted by Crippen LogP contribution is -3.00. The van der Waals surface area contributed by atoms with Crippen molar-refractivity contribution in [1.82, 2.24) is 137 Å². The molecule has 0 aliphatic carbocycles. The second-order valence-electron chi connectivity index (χ2n) is 29.7. The number of rotatable bonds is 7. The molecule has 21 aliphatic heterocycles. The normalized spacial score (nSPS) is 34.0. The maximum atomic E-state index is 15.3. The molecule has 2 aromatic heterocycles. The lowest BCUT2D eigenvalue weighted by Gasteiger charge is -2.42. The van der Waals surface area contributed by atoms with Gasteiger partial charge >= 0.3 is 90.4 Å². The molecule has 106 heavy (non-hydrogen) atoms. The fourth-order valence-electron chi connectivity index (χ4n) is 20.8. The first-order valence-electron chi connectivity index (χ1n) is 34.4. The number of aryl methyl sites for hydroxylation is 2. The van der Waals surface area contributed by atoms with E-state index in [0.717, 1.165) is 13.1 Å². The van der Waals surface area contributed by atoms with Gasteiger partial charge in [0.25, 0.3) is 0 Å². The van der Waals surface area contributed by atoms with Gasteiger partial charge in [-0.1, -0.05) is 12.1 Å². The number of carbonyl (C=O) groups is 15. The predicted octanol–water partition coefficient (Wildman–Crippen LogP) is -11.2. The Kier molecular flexibility index (Phi) is 12.2. The van der Waals surface area contributed by atoms with E-state index in [1.54, 1.807) is 0 Å². The average Bonchev–Trinajstić information content (AvgIpc) is 1.52. The Bertz CT molecular complexity index is 3430. The summed E-state index contributed by atoms with van der Waals surface area (Å²) in [5.41, 5.74) is 0. The van der Waals surface area contributed by atoms with Gasteiger partial charge in [-0.25, -0.2) is 76.3 Å². The second-order valence-corrected chi connectivity index (χ2v) is 29.7. The Morgan fingerprint density at radius 1 is 0.245 bits per heavy atom. The first kappa shape index (κ1) is 62.7. The third kappa shape index (κ3) is 7.19. The first-order valence-corrected chi connectivity index (χ1v) is 34.4. The topological polar surface area (TPSA) is 375 Å². The summed E-state index contributed by atoms with van der Waals surface area (Å²) < 4.78 is 4.04. The van der Waals surface area contributed by atoms with Crippen molar-refractivity contribution < 1.29 is 111 Å². The molecule has 0 atom stereocenters. The van der Waals surface area contributed by atoms with Crippen LogP contribution < -0.4 is 33.9 Å². The molecule has 0 saturated carbocycles. The van der Waals surface area contributed by atoms with Crippen LogP contribution in [-0.4, -0.2) is 412 Å². The number of nitrogens with zero attached hydrogens (tertiary/aromatic N) is 30. The number of amides is 28. The summed E-state index contributed by atoms with van der Waals surface area (Å²) in [4.78, 5) is 263. The molecule has 0 spiro atoms. The highest BCUT2D eigenvalue weighted by atomic mass is 35.5. The van der Waals surface area contributed by atoms with Crippen molar-refractivity contribution in [2.24, 2.45) is 5.92 Å². The van der Waals surface area contributed by atoms with E-state index in [1.165, 1.54) is 137 Å². The minimum Gasteiger partial charge on any atom is -1.00 e. The molecule has 0 bridgehead atoms. The average molecular weight is 1510 g/mol. The van der Waals surface area contributed by atoms with E-state index in [2.05, 4.69) is 0 Å². The van der Waals surface area contributed by atoms with Crippen LogP contribution in [0.5, 0.6) is 0 Å². The molecule has 23 heterocycles. The highest BCUT2D eigenvalue weighted by molar-refractivity contribution is 5.96. The standard InChI is InChI=1S/C42H42N28O14.C16H19N2O2.2ClH/c71-29-43-1-44-16-18-48(30(44)72)4-52-20-22-56(34(52)76)8-60-24-26-64(38(60)80)12-68-28-27-67(41(68)83)11-63-25-23-59(37(63)79)7-55-21-19-51(33(55)75)3-47(29)17-15(43)45-2-46(16)32(74)50(18)6-54(20)36(78)58(22)10-62(24)40(82)66(26)14-70(28)42(84)69(27)13-65(25)39(81)61(23)9-57(21)35(77)53(19)5-49(17)31(45)73;19-16(20)15(7-13-17-9-3-1-4-10-17)8-14-18-11-5-2-6-12-18;;/h15-28H,1-14H2;1-6,9-12,15H,7-8,13-14H2;2*1H/q;+1;;/p-1. The third-order valence-electron chi connectivity index (χ3n) is 25.3. The van der Waals surface area contributed by atoms with Crippen LogP contribution in [0.25, 0.3) is 0 Å². The number of hydrogen-bond acceptors (Lipinski definition) is 15. The molecule has 46 nitrogen and oxygen atoms in total. The van der Waals surface area contributed by atoms with Gasteiger partial charge in [0.15, 0.2) is 111 Å². The molecule has 2 aromatic rings. The zero-order valence-corrected chi connectivity index (χ0v) is 56.9. The Balaban J connectivity index is 0.000000287. The Morgan fingerprint density at radius 2 is 0.358 bits per heavy atom. The minimum atomic E-state index is -1.23. The van der Waals surface area contributed by atoms with Crippen LogP contribution in [0.4, 0.5) is 67.1 Å². The Hall–Kier alpha value is -11.9. The van der Waals surface area contributed by atoms with Gasteiger partial charge in [0.1, 0.15) is 106 Å². The van der Waals surface area contributed by atoms with E-state index >= 15 is 67.1 Å².